The molecule has 1 aromatic rings. The fourth-order valence-corrected chi connectivity index (χ4v) is 7.60. The number of sulfonamides is 1. The van der Waals surface area contributed by atoms with Gasteiger partial charge in [0.05, 0.1) is 18.4 Å². The number of rotatable bonds is 5. The number of carbonyl (C=O) groups is 1. The molecule has 7 heteroatoms. The van der Waals surface area contributed by atoms with Gasteiger partial charge < -0.3 is 4.74 Å². The lowest BCUT2D eigenvalue weighted by atomic mass is 9.55. The standard InChI is InChI=1S/C21H26FNO4S/c1-12-3-16(19(24)23-28(2,25)26)17(22)6-18(12)27-11-20-7-13-4-14-5-15(9-20)21(14,8-13)10-20/h3,6,13-15H,4-5,7-11H2,1-2H3,(H,23,24). The molecule has 5 nitrogen and oxygen atoms in total. The first-order chi connectivity index (χ1) is 13.1. The zero-order chi connectivity index (χ0) is 19.9. The molecule has 1 aromatic carbocycles. The lowest BCUT2D eigenvalue weighted by Crippen LogP contribution is -2.42. The Morgan fingerprint density at radius 2 is 2.04 bits per heavy atom. The van der Waals surface area contributed by atoms with Crippen molar-refractivity contribution in [2.75, 3.05) is 12.9 Å². The number of hydrogen-bond donors (Lipinski definition) is 1. The van der Waals surface area contributed by atoms with Crippen LogP contribution in [0.4, 0.5) is 4.39 Å². The molecule has 1 amide bonds. The van der Waals surface area contributed by atoms with Crippen LogP contribution in [-0.4, -0.2) is 27.2 Å². The number of amides is 1. The van der Waals surface area contributed by atoms with E-state index in [4.69, 9.17) is 4.74 Å². The van der Waals surface area contributed by atoms with E-state index in [2.05, 4.69) is 0 Å². The molecule has 5 atom stereocenters. The normalized spacial score (nSPS) is 37.5. The van der Waals surface area contributed by atoms with Gasteiger partial charge in [0, 0.05) is 11.5 Å². The summed E-state index contributed by atoms with van der Waals surface area (Å²) in [6, 6.07) is 2.58. The highest BCUT2D eigenvalue weighted by atomic mass is 32.2. The van der Waals surface area contributed by atoms with Crippen molar-refractivity contribution in [2.24, 2.45) is 28.6 Å². The summed E-state index contributed by atoms with van der Waals surface area (Å²) in [6.45, 7) is 2.35. The number of carbonyl (C=O) groups excluding carboxylic acids is 1. The van der Waals surface area contributed by atoms with Gasteiger partial charge in [0.1, 0.15) is 11.6 Å². The highest BCUT2D eigenvalue weighted by molar-refractivity contribution is 7.89. The van der Waals surface area contributed by atoms with Gasteiger partial charge in [-0.3, -0.25) is 4.79 Å². The van der Waals surface area contributed by atoms with Crippen LogP contribution >= 0.6 is 0 Å². The van der Waals surface area contributed by atoms with Crippen LogP contribution in [0.15, 0.2) is 12.1 Å². The molecule has 5 unspecified atom stereocenters. The van der Waals surface area contributed by atoms with Crippen molar-refractivity contribution in [3.05, 3.63) is 29.1 Å². The van der Waals surface area contributed by atoms with Crippen LogP contribution in [0.25, 0.3) is 0 Å². The van der Waals surface area contributed by atoms with Crippen molar-refractivity contribution in [1.29, 1.82) is 0 Å². The first kappa shape index (κ1) is 18.4. The van der Waals surface area contributed by atoms with Crippen molar-refractivity contribution >= 4 is 15.9 Å². The first-order valence-electron chi connectivity index (χ1n) is 10.0. The maximum atomic E-state index is 14.5. The minimum atomic E-state index is -3.75. The van der Waals surface area contributed by atoms with Gasteiger partial charge in [-0.25, -0.2) is 17.5 Å². The predicted molar refractivity (Wildman–Crippen MR) is 102 cm³/mol. The zero-order valence-electron chi connectivity index (χ0n) is 16.3. The second-order valence-electron chi connectivity index (χ2n) is 9.84. The lowest BCUT2D eigenvalue weighted by Gasteiger charge is -2.49. The molecule has 0 radical (unpaired) electrons. The van der Waals surface area contributed by atoms with Gasteiger partial charge in [0.15, 0.2) is 0 Å². The number of aryl methyl sites for hydroxylation is 1. The minimum absolute atomic E-state index is 0.216. The van der Waals surface area contributed by atoms with Crippen LogP contribution in [0.5, 0.6) is 5.75 Å². The van der Waals surface area contributed by atoms with E-state index >= 15 is 0 Å². The van der Waals surface area contributed by atoms with E-state index in [0.717, 1.165) is 24.0 Å². The van der Waals surface area contributed by atoms with Gasteiger partial charge in [-0.2, -0.15) is 0 Å². The van der Waals surface area contributed by atoms with Gasteiger partial charge in [0.25, 0.3) is 5.91 Å². The summed E-state index contributed by atoms with van der Waals surface area (Å²) < 4.78 is 44.9. The van der Waals surface area contributed by atoms with Gasteiger partial charge >= 0.3 is 0 Å². The Balaban J connectivity index is 1.33. The molecule has 0 aliphatic heterocycles. The molecule has 0 saturated heterocycles. The molecule has 0 aromatic heterocycles. The van der Waals surface area contributed by atoms with Crippen molar-refractivity contribution in [2.45, 2.75) is 45.4 Å². The monoisotopic (exact) mass is 407 g/mol. The fourth-order valence-electron chi connectivity index (χ4n) is 7.15. The van der Waals surface area contributed by atoms with E-state index in [1.165, 1.54) is 50.7 Å². The Kier molecular flexibility index (Phi) is 3.75. The first-order valence-corrected chi connectivity index (χ1v) is 11.9. The maximum Gasteiger partial charge on any atom is 0.267 e. The number of ether oxygens (including phenoxy) is 1. The minimum Gasteiger partial charge on any atom is -0.493 e. The number of benzene rings is 1. The van der Waals surface area contributed by atoms with E-state index in [1.54, 1.807) is 11.6 Å². The summed E-state index contributed by atoms with van der Waals surface area (Å²) in [5.41, 5.74) is 1.14. The third kappa shape index (κ3) is 2.69. The zero-order valence-corrected chi connectivity index (χ0v) is 17.1. The largest absolute Gasteiger partial charge is 0.493 e. The average Bonchev–Trinajstić information content (AvgIpc) is 2.89. The number of nitrogens with one attached hydrogen (secondary N) is 1. The van der Waals surface area contributed by atoms with E-state index in [1.807, 2.05) is 0 Å². The second kappa shape index (κ2) is 5.71. The fraction of sp³-hybridized carbons (Fsp3) is 0.667. The molecule has 4 aliphatic carbocycles. The smallest absolute Gasteiger partial charge is 0.267 e. The number of halogens is 1. The second-order valence-corrected chi connectivity index (χ2v) is 11.6. The van der Waals surface area contributed by atoms with Crippen LogP contribution in [0.3, 0.4) is 0 Å². The summed E-state index contributed by atoms with van der Waals surface area (Å²) in [6.07, 6.45) is 8.74. The van der Waals surface area contributed by atoms with Gasteiger partial charge in [-0.1, -0.05) is 0 Å². The van der Waals surface area contributed by atoms with Crippen LogP contribution in [0.2, 0.25) is 0 Å². The Morgan fingerprint density at radius 3 is 2.79 bits per heavy atom. The van der Waals surface area contributed by atoms with E-state index in [-0.39, 0.29) is 11.0 Å². The molecule has 4 aliphatic rings. The van der Waals surface area contributed by atoms with Gasteiger partial charge in [-0.05, 0) is 80.2 Å². The summed E-state index contributed by atoms with van der Waals surface area (Å²) >= 11 is 0. The van der Waals surface area contributed by atoms with Crippen LogP contribution in [0.1, 0.15) is 54.4 Å². The van der Waals surface area contributed by atoms with E-state index < -0.39 is 21.7 Å². The van der Waals surface area contributed by atoms with E-state index in [0.29, 0.717) is 23.3 Å². The molecular weight excluding hydrogens is 381 g/mol. The molecule has 28 heavy (non-hydrogen) atoms. The molecule has 5 rings (SSSR count). The summed E-state index contributed by atoms with van der Waals surface area (Å²) in [4.78, 5) is 12.0. The molecule has 152 valence electrons. The number of hydrogen-bond acceptors (Lipinski definition) is 4. The van der Waals surface area contributed by atoms with Gasteiger partial charge in [-0.15, -0.1) is 0 Å². The Bertz CT molecular complexity index is 973. The van der Waals surface area contributed by atoms with Crippen LogP contribution in [-0.2, 0) is 10.0 Å². The Labute approximate surface area is 165 Å². The summed E-state index contributed by atoms with van der Waals surface area (Å²) in [7, 11) is -3.75. The van der Waals surface area contributed by atoms with Crippen molar-refractivity contribution in [3.63, 3.8) is 0 Å². The SMILES string of the molecule is Cc1cc(C(=O)NS(C)(=O)=O)c(F)cc1OCC12CC3CC4CC(C1)C4(C3)C2. The third-order valence-corrected chi connectivity index (χ3v) is 8.46. The van der Waals surface area contributed by atoms with Crippen molar-refractivity contribution < 1.29 is 22.3 Å². The molecule has 1 N–H and O–H groups in total. The van der Waals surface area contributed by atoms with Crippen LogP contribution < -0.4 is 9.46 Å². The van der Waals surface area contributed by atoms with Crippen LogP contribution in [0, 0.1) is 41.3 Å². The molecule has 3 bridgehead atoms. The third-order valence-electron chi connectivity index (χ3n) is 7.91. The topological polar surface area (TPSA) is 72.5 Å². The predicted octanol–water partition coefficient (Wildman–Crippen LogP) is 3.42. The highest BCUT2D eigenvalue weighted by Crippen LogP contribution is 2.78. The maximum absolute atomic E-state index is 14.5. The molecule has 4 fully saturated rings. The average molecular weight is 408 g/mol. The van der Waals surface area contributed by atoms with Crippen molar-refractivity contribution in [3.8, 4) is 5.75 Å². The molecule has 4 saturated carbocycles. The number of fused-ring (bicyclic) bond motifs is 2. The summed E-state index contributed by atoms with van der Waals surface area (Å²) in [5.74, 6) is 1.32. The molecule has 1 spiro atoms. The Morgan fingerprint density at radius 1 is 1.25 bits per heavy atom. The molecular formula is C21H26FNO4S. The lowest BCUT2D eigenvalue weighted by molar-refractivity contribution is -0.00538. The quantitative estimate of drug-likeness (QED) is 0.812. The highest BCUT2D eigenvalue weighted by Gasteiger charge is 2.70. The van der Waals surface area contributed by atoms with Gasteiger partial charge in [0.2, 0.25) is 10.0 Å². The Hall–Kier alpha value is -1.63. The summed E-state index contributed by atoms with van der Waals surface area (Å²) in [5, 5.41) is 0. The van der Waals surface area contributed by atoms with E-state index in [9.17, 15) is 17.6 Å². The van der Waals surface area contributed by atoms with Crippen molar-refractivity contribution in [1.82, 2.24) is 4.72 Å². The molecule has 0 heterocycles.